The molecule has 0 fully saturated rings. The van der Waals surface area contributed by atoms with Crippen LogP contribution >= 0.6 is 12.2 Å². The lowest BCUT2D eigenvalue weighted by atomic mass is 10.3. The van der Waals surface area contributed by atoms with Gasteiger partial charge in [-0.2, -0.15) is 0 Å². The fourth-order valence-corrected chi connectivity index (χ4v) is 1.50. The molecule has 0 saturated heterocycles. The van der Waals surface area contributed by atoms with Crippen molar-refractivity contribution in [2.75, 3.05) is 11.9 Å². The maximum atomic E-state index is 12.7. The molecule has 0 aliphatic heterocycles. The highest BCUT2D eigenvalue weighted by Crippen LogP contribution is 2.07. The topological polar surface area (TPSA) is 79.5 Å². The number of nitrogens with one attached hydrogen (secondary N) is 3. The second-order valence-corrected chi connectivity index (χ2v) is 4.35. The Hall–Kier alpha value is -2.22. The number of hydrogen-bond acceptors (Lipinski definition) is 4. The SMILES string of the molecule is CCOC(=O)CCC(=O)NNC(=S)Nc1ccc(F)cc1. The minimum absolute atomic E-state index is 0.000490. The van der Waals surface area contributed by atoms with Crippen molar-refractivity contribution in [1.82, 2.24) is 10.9 Å². The van der Waals surface area contributed by atoms with Crippen LogP contribution in [0.1, 0.15) is 19.8 Å². The first-order valence-corrected chi connectivity index (χ1v) is 6.69. The van der Waals surface area contributed by atoms with Gasteiger partial charge >= 0.3 is 5.97 Å². The highest BCUT2D eigenvalue weighted by Gasteiger charge is 2.07. The Bertz CT molecular complexity index is 508. The maximum Gasteiger partial charge on any atom is 0.306 e. The highest BCUT2D eigenvalue weighted by atomic mass is 32.1. The van der Waals surface area contributed by atoms with Crippen LogP contribution in [0.3, 0.4) is 0 Å². The number of anilines is 1. The summed E-state index contributed by atoms with van der Waals surface area (Å²) in [6.07, 6.45) is -0.00942. The number of halogens is 1. The molecular weight excluding hydrogens is 297 g/mol. The molecule has 21 heavy (non-hydrogen) atoms. The van der Waals surface area contributed by atoms with E-state index in [0.29, 0.717) is 5.69 Å². The Morgan fingerprint density at radius 1 is 1.19 bits per heavy atom. The molecule has 0 unspecified atom stereocenters. The van der Waals surface area contributed by atoms with Gasteiger partial charge in [0.15, 0.2) is 5.11 Å². The molecule has 1 aromatic carbocycles. The van der Waals surface area contributed by atoms with Crippen molar-refractivity contribution in [3.63, 3.8) is 0 Å². The zero-order valence-corrected chi connectivity index (χ0v) is 12.3. The van der Waals surface area contributed by atoms with E-state index in [0.717, 1.165) is 0 Å². The second kappa shape index (κ2) is 8.85. The Morgan fingerprint density at radius 2 is 1.86 bits per heavy atom. The Balaban J connectivity index is 2.24. The molecule has 0 aliphatic carbocycles. The predicted molar refractivity (Wildman–Crippen MR) is 79.8 cm³/mol. The first kappa shape index (κ1) is 16.8. The van der Waals surface area contributed by atoms with E-state index in [2.05, 4.69) is 16.2 Å². The zero-order chi connectivity index (χ0) is 15.7. The van der Waals surface area contributed by atoms with Crippen LogP contribution in [-0.4, -0.2) is 23.6 Å². The first-order valence-electron chi connectivity index (χ1n) is 6.28. The van der Waals surface area contributed by atoms with Crippen LogP contribution in [0.25, 0.3) is 0 Å². The van der Waals surface area contributed by atoms with Crippen molar-refractivity contribution in [3.05, 3.63) is 30.1 Å². The quantitative estimate of drug-likeness (QED) is 0.434. The average molecular weight is 313 g/mol. The number of rotatable bonds is 5. The van der Waals surface area contributed by atoms with Crippen LogP contribution < -0.4 is 16.2 Å². The van der Waals surface area contributed by atoms with Crippen molar-refractivity contribution in [1.29, 1.82) is 0 Å². The second-order valence-electron chi connectivity index (χ2n) is 3.94. The third kappa shape index (κ3) is 7.21. The van der Waals surface area contributed by atoms with Crippen LogP contribution in [-0.2, 0) is 14.3 Å². The molecule has 1 rings (SSSR count). The van der Waals surface area contributed by atoms with E-state index in [1.807, 2.05) is 0 Å². The molecule has 6 nitrogen and oxygen atoms in total. The van der Waals surface area contributed by atoms with Crippen molar-refractivity contribution < 1.29 is 18.7 Å². The molecule has 0 aromatic heterocycles. The summed E-state index contributed by atoms with van der Waals surface area (Å²) in [6.45, 7) is 1.98. The standard InChI is InChI=1S/C13H16FN3O3S/c1-2-20-12(19)8-7-11(18)16-17-13(21)15-10-5-3-9(14)4-6-10/h3-6H,2,7-8H2,1H3,(H,16,18)(H2,15,17,21). The largest absolute Gasteiger partial charge is 0.466 e. The smallest absolute Gasteiger partial charge is 0.306 e. The molecule has 3 N–H and O–H groups in total. The normalized spacial score (nSPS) is 9.62. The van der Waals surface area contributed by atoms with Crippen molar-refractivity contribution in [2.45, 2.75) is 19.8 Å². The Kier molecular flexibility index (Phi) is 7.10. The summed E-state index contributed by atoms with van der Waals surface area (Å²) in [5.41, 5.74) is 5.39. The summed E-state index contributed by atoms with van der Waals surface area (Å²) >= 11 is 4.94. The molecule has 0 spiro atoms. The van der Waals surface area contributed by atoms with Crippen molar-refractivity contribution >= 4 is 34.9 Å². The molecule has 0 saturated carbocycles. The maximum absolute atomic E-state index is 12.7. The van der Waals surface area contributed by atoms with Gasteiger partial charge in [0, 0.05) is 12.1 Å². The molecule has 0 atom stereocenters. The van der Waals surface area contributed by atoms with E-state index in [1.165, 1.54) is 24.3 Å². The summed E-state index contributed by atoms with van der Waals surface area (Å²) in [7, 11) is 0. The van der Waals surface area contributed by atoms with Gasteiger partial charge in [0.25, 0.3) is 0 Å². The van der Waals surface area contributed by atoms with E-state index in [1.54, 1.807) is 6.92 Å². The van der Waals surface area contributed by atoms with E-state index in [9.17, 15) is 14.0 Å². The van der Waals surface area contributed by atoms with Crippen molar-refractivity contribution in [2.24, 2.45) is 0 Å². The van der Waals surface area contributed by atoms with E-state index < -0.39 is 11.9 Å². The lowest BCUT2D eigenvalue weighted by molar-refractivity contribution is -0.144. The van der Waals surface area contributed by atoms with Gasteiger partial charge < -0.3 is 10.1 Å². The molecular formula is C13H16FN3O3S. The Labute approximate surface area is 127 Å². The number of carbonyl (C=O) groups excluding carboxylic acids is 2. The molecule has 0 radical (unpaired) electrons. The number of hydrazine groups is 1. The van der Waals surface area contributed by atoms with Crippen LogP contribution in [0, 0.1) is 5.82 Å². The fraction of sp³-hybridized carbons (Fsp3) is 0.308. The van der Waals surface area contributed by atoms with E-state index in [-0.39, 0.29) is 30.4 Å². The number of carbonyl (C=O) groups is 2. The van der Waals surface area contributed by atoms with Gasteiger partial charge in [-0.1, -0.05) is 0 Å². The number of esters is 1. The molecule has 0 aliphatic rings. The number of thiocarbonyl (C=S) groups is 1. The Morgan fingerprint density at radius 3 is 2.48 bits per heavy atom. The van der Waals surface area contributed by atoms with Crippen molar-refractivity contribution in [3.8, 4) is 0 Å². The van der Waals surface area contributed by atoms with E-state index >= 15 is 0 Å². The summed E-state index contributed by atoms with van der Waals surface area (Å²) in [5.74, 6) is -1.18. The van der Waals surface area contributed by atoms with Crippen LogP contribution in [0.2, 0.25) is 0 Å². The van der Waals surface area contributed by atoms with Crippen LogP contribution in [0.4, 0.5) is 10.1 Å². The van der Waals surface area contributed by atoms with Crippen LogP contribution in [0.5, 0.6) is 0 Å². The van der Waals surface area contributed by atoms with Gasteiger partial charge in [-0.05, 0) is 43.4 Å². The highest BCUT2D eigenvalue weighted by molar-refractivity contribution is 7.80. The minimum atomic E-state index is -0.431. The van der Waals surface area contributed by atoms with Crippen LogP contribution in [0.15, 0.2) is 24.3 Å². The number of benzene rings is 1. The third-order valence-corrected chi connectivity index (χ3v) is 2.48. The molecule has 0 bridgehead atoms. The van der Waals surface area contributed by atoms with E-state index in [4.69, 9.17) is 17.0 Å². The van der Waals surface area contributed by atoms with Gasteiger partial charge in [0.2, 0.25) is 5.91 Å². The van der Waals surface area contributed by atoms with Gasteiger partial charge in [0.1, 0.15) is 5.82 Å². The summed E-state index contributed by atoms with van der Waals surface area (Å²) < 4.78 is 17.4. The lowest BCUT2D eigenvalue weighted by Gasteiger charge is -2.11. The minimum Gasteiger partial charge on any atom is -0.466 e. The summed E-state index contributed by atoms with van der Waals surface area (Å²) in [5, 5.41) is 2.90. The third-order valence-electron chi connectivity index (χ3n) is 2.28. The van der Waals surface area contributed by atoms with Gasteiger partial charge in [0.05, 0.1) is 13.0 Å². The number of amides is 1. The zero-order valence-electron chi connectivity index (χ0n) is 11.4. The average Bonchev–Trinajstić information content (AvgIpc) is 2.46. The number of hydrogen-bond donors (Lipinski definition) is 3. The summed E-state index contributed by atoms with van der Waals surface area (Å²) in [6, 6.07) is 5.57. The summed E-state index contributed by atoms with van der Waals surface area (Å²) in [4.78, 5) is 22.5. The monoisotopic (exact) mass is 313 g/mol. The molecule has 0 heterocycles. The lowest BCUT2D eigenvalue weighted by Crippen LogP contribution is -2.43. The molecule has 114 valence electrons. The predicted octanol–water partition coefficient (Wildman–Crippen LogP) is 1.49. The molecule has 8 heteroatoms. The van der Waals surface area contributed by atoms with Gasteiger partial charge in [-0.3, -0.25) is 20.4 Å². The molecule has 1 aromatic rings. The number of ether oxygens (including phenoxy) is 1. The van der Waals surface area contributed by atoms with Gasteiger partial charge in [-0.15, -0.1) is 0 Å². The van der Waals surface area contributed by atoms with Gasteiger partial charge in [-0.25, -0.2) is 4.39 Å². The molecule has 1 amide bonds. The first-order chi connectivity index (χ1) is 10.0. The fourth-order valence-electron chi connectivity index (χ4n) is 1.33.